The highest BCUT2D eigenvalue weighted by Gasteiger charge is 2.30. The van der Waals surface area contributed by atoms with Crippen LogP contribution in [0.2, 0.25) is 0 Å². The van der Waals surface area contributed by atoms with Crippen LogP contribution in [0.25, 0.3) is 33.4 Å². The van der Waals surface area contributed by atoms with Gasteiger partial charge in [0.1, 0.15) is 6.10 Å². The summed E-state index contributed by atoms with van der Waals surface area (Å²) in [5.41, 5.74) is 11.7. The van der Waals surface area contributed by atoms with Gasteiger partial charge in [0.2, 0.25) is 0 Å². The predicted octanol–water partition coefficient (Wildman–Crippen LogP) is 4.81. The Morgan fingerprint density at radius 1 is 1.18 bits per heavy atom. The van der Waals surface area contributed by atoms with Crippen LogP contribution in [0.4, 0.5) is 0 Å². The molecule has 0 aliphatic heterocycles. The van der Waals surface area contributed by atoms with Crippen molar-refractivity contribution in [2.45, 2.75) is 51.2 Å². The summed E-state index contributed by atoms with van der Waals surface area (Å²) in [6.07, 6.45) is 6.60. The van der Waals surface area contributed by atoms with Gasteiger partial charge in [-0.3, -0.25) is 15.1 Å². The van der Waals surface area contributed by atoms with Gasteiger partial charge in [0, 0.05) is 28.4 Å². The molecule has 0 amide bonds. The van der Waals surface area contributed by atoms with Crippen molar-refractivity contribution < 1.29 is 9.53 Å². The van der Waals surface area contributed by atoms with Crippen LogP contribution < -0.4 is 5.73 Å². The Labute approximate surface area is 192 Å². The number of hydrogen-bond donors (Lipinski definition) is 2. The lowest BCUT2D eigenvalue weighted by atomic mass is 9.83. The fourth-order valence-corrected chi connectivity index (χ4v) is 4.46. The first-order chi connectivity index (χ1) is 15.9. The van der Waals surface area contributed by atoms with Crippen molar-refractivity contribution in [3.63, 3.8) is 0 Å². The molecule has 0 bridgehead atoms. The number of esters is 1. The number of ether oxygens (including phenoxy) is 1. The van der Waals surface area contributed by atoms with Crippen molar-refractivity contribution in [2.75, 3.05) is 0 Å². The van der Waals surface area contributed by atoms with E-state index in [-0.39, 0.29) is 17.6 Å². The SMILES string of the molecule is Cc1cccc(-c2[nH]ncc2-c2ccc3nccc(C(=O)O[C@H]4CC[C@](C)(N)CC4)c3c2)n1. The number of nitrogens with one attached hydrogen (secondary N) is 1. The Morgan fingerprint density at radius 2 is 2.00 bits per heavy atom. The number of carbonyl (C=O) groups excluding carboxylic acids is 1. The summed E-state index contributed by atoms with van der Waals surface area (Å²) in [6, 6.07) is 13.5. The van der Waals surface area contributed by atoms with Crippen LogP contribution in [-0.2, 0) is 4.74 Å². The maximum absolute atomic E-state index is 13.1. The molecule has 1 aliphatic carbocycles. The zero-order valence-corrected chi connectivity index (χ0v) is 18.8. The van der Waals surface area contributed by atoms with E-state index in [1.54, 1.807) is 18.5 Å². The van der Waals surface area contributed by atoms with Crippen molar-refractivity contribution in [3.05, 3.63) is 66.1 Å². The second-order valence-corrected chi connectivity index (χ2v) is 9.17. The maximum atomic E-state index is 13.1. The summed E-state index contributed by atoms with van der Waals surface area (Å²) in [4.78, 5) is 22.2. The Balaban J connectivity index is 1.48. The molecule has 1 saturated carbocycles. The van der Waals surface area contributed by atoms with Crippen LogP contribution in [-0.4, -0.2) is 37.8 Å². The van der Waals surface area contributed by atoms with E-state index in [9.17, 15) is 4.79 Å². The molecule has 0 radical (unpaired) electrons. The van der Waals surface area contributed by atoms with Gasteiger partial charge < -0.3 is 10.5 Å². The highest BCUT2D eigenvalue weighted by molar-refractivity contribution is 6.04. The highest BCUT2D eigenvalue weighted by Crippen LogP contribution is 2.33. The quantitative estimate of drug-likeness (QED) is 0.440. The van der Waals surface area contributed by atoms with Gasteiger partial charge in [0.15, 0.2) is 0 Å². The third-order valence-corrected chi connectivity index (χ3v) is 6.40. The molecule has 0 spiro atoms. The number of aromatic nitrogens is 4. The van der Waals surface area contributed by atoms with E-state index in [4.69, 9.17) is 10.5 Å². The van der Waals surface area contributed by atoms with Crippen LogP contribution in [0.1, 0.15) is 48.7 Å². The summed E-state index contributed by atoms with van der Waals surface area (Å²) < 4.78 is 5.86. The monoisotopic (exact) mass is 441 g/mol. The molecule has 1 fully saturated rings. The van der Waals surface area contributed by atoms with Crippen LogP contribution in [0, 0.1) is 6.92 Å². The standard InChI is InChI=1S/C26H27N5O2/c1-16-4-3-5-23(30-16)24-21(15-29-31-24)17-6-7-22-20(14-17)19(10-13-28-22)25(32)33-18-8-11-26(2,27)12-9-18/h3-7,10,13-15,18H,8-9,11-12,27H2,1-2H3,(H,29,31)/t18-,26-. The number of aromatic amines is 1. The second kappa shape index (κ2) is 8.41. The largest absolute Gasteiger partial charge is 0.459 e. The Morgan fingerprint density at radius 3 is 2.79 bits per heavy atom. The predicted molar refractivity (Wildman–Crippen MR) is 128 cm³/mol. The number of H-pyrrole nitrogens is 1. The lowest BCUT2D eigenvalue weighted by molar-refractivity contribution is 0.0155. The van der Waals surface area contributed by atoms with Crippen LogP contribution in [0.15, 0.2) is 54.9 Å². The van der Waals surface area contributed by atoms with E-state index < -0.39 is 0 Å². The molecule has 4 aromatic rings. The normalized spacial score (nSPS) is 20.6. The zero-order valence-electron chi connectivity index (χ0n) is 18.8. The number of aryl methyl sites for hydroxylation is 1. The molecule has 0 saturated heterocycles. The minimum Gasteiger partial charge on any atom is -0.459 e. The van der Waals surface area contributed by atoms with Crippen molar-refractivity contribution in [3.8, 4) is 22.5 Å². The zero-order chi connectivity index (χ0) is 23.0. The number of fused-ring (bicyclic) bond motifs is 1. The average Bonchev–Trinajstić information content (AvgIpc) is 3.30. The van der Waals surface area contributed by atoms with E-state index in [0.29, 0.717) is 5.56 Å². The van der Waals surface area contributed by atoms with Gasteiger partial charge in [-0.1, -0.05) is 12.1 Å². The van der Waals surface area contributed by atoms with E-state index >= 15 is 0 Å². The topological polar surface area (TPSA) is 107 Å². The third-order valence-electron chi connectivity index (χ3n) is 6.40. The molecule has 3 aromatic heterocycles. The molecule has 168 valence electrons. The molecule has 3 N–H and O–H groups in total. The van der Waals surface area contributed by atoms with E-state index in [2.05, 4.69) is 27.1 Å². The van der Waals surface area contributed by atoms with Gasteiger partial charge in [-0.2, -0.15) is 5.10 Å². The smallest absolute Gasteiger partial charge is 0.339 e. The first kappa shape index (κ1) is 21.3. The van der Waals surface area contributed by atoms with Crippen molar-refractivity contribution >= 4 is 16.9 Å². The highest BCUT2D eigenvalue weighted by atomic mass is 16.5. The number of hydrogen-bond acceptors (Lipinski definition) is 6. The number of pyridine rings is 2. The Bertz CT molecular complexity index is 1320. The second-order valence-electron chi connectivity index (χ2n) is 9.17. The van der Waals surface area contributed by atoms with Gasteiger partial charge in [0.05, 0.1) is 28.7 Å². The van der Waals surface area contributed by atoms with Gasteiger partial charge in [-0.05, 0) is 75.4 Å². The first-order valence-corrected chi connectivity index (χ1v) is 11.3. The molecule has 0 atom stereocenters. The molecule has 5 rings (SSSR count). The summed E-state index contributed by atoms with van der Waals surface area (Å²) in [7, 11) is 0. The molecule has 33 heavy (non-hydrogen) atoms. The number of rotatable bonds is 4. The fraction of sp³-hybridized carbons (Fsp3) is 0.308. The summed E-state index contributed by atoms with van der Waals surface area (Å²) in [5.74, 6) is -0.321. The lowest BCUT2D eigenvalue weighted by Crippen LogP contribution is -2.42. The Hall–Kier alpha value is -3.58. The van der Waals surface area contributed by atoms with Crippen LogP contribution in [0.3, 0.4) is 0 Å². The number of carbonyl (C=O) groups is 1. The molecule has 7 heteroatoms. The van der Waals surface area contributed by atoms with E-state index in [0.717, 1.165) is 64.8 Å². The Kier molecular flexibility index (Phi) is 5.42. The van der Waals surface area contributed by atoms with Gasteiger partial charge in [-0.15, -0.1) is 0 Å². The van der Waals surface area contributed by atoms with Crippen molar-refractivity contribution in [1.82, 2.24) is 20.2 Å². The molecule has 0 unspecified atom stereocenters. The number of nitrogens with two attached hydrogens (primary N) is 1. The molecule has 1 aliphatic rings. The van der Waals surface area contributed by atoms with E-state index in [1.165, 1.54) is 0 Å². The molecule has 1 aromatic carbocycles. The van der Waals surface area contributed by atoms with E-state index in [1.807, 2.05) is 43.3 Å². The van der Waals surface area contributed by atoms with Crippen LogP contribution in [0.5, 0.6) is 0 Å². The van der Waals surface area contributed by atoms with Crippen LogP contribution >= 0.6 is 0 Å². The minimum atomic E-state index is -0.321. The molecular weight excluding hydrogens is 414 g/mol. The fourth-order valence-electron chi connectivity index (χ4n) is 4.46. The summed E-state index contributed by atoms with van der Waals surface area (Å²) in [5, 5.41) is 8.07. The maximum Gasteiger partial charge on any atom is 0.339 e. The van der Waals surface area contributed by atoms with Crippen molar-refractivity contribution in [2.24, 2.45) is 5.73 Å². The minimum absolute atomic E-state index is 0.103. The average molecular weight is 442 g/mol. The first-order valence-electron chi connectivity index (χ1n) is 11.3. The van der Waals surface area contributed by atoms with Gasteiger partial charge in [-0.25, -0.2) is 4.79 Å². The van der Waals surface area contributed by atoms with Gasteiger partial charge >= 0.3 is 5.97 Å². The molecular formula is C26H27N5O2. The summed E-state index contributed by atoms with van der Waals surface area (Å²) in [6.45, 7) is 4.01. The number of benzene rings is 1. The van der Waals surface area contributed by atoms with Crippen molar-refractivity contribution in [1.29, 1.82) is 0 Å². The summed E-state index contributed by atoms with van der Waals surface area (Å²) >= 11 is 0. The third kappa shape index (κ3) is 4.36. The number of nitrogens with zero attached hydrogens (tertiary/aromatic N) is 3. The molecule has 7 nitrogen and oxygen atoms in total. The molecule has 3 heterocycles. The van der Waals surface area contributed by atoms with Gasteiger partial charge in [0.25, 0.3) is 0 Å². The lowest BCUT2D eigenvalue weighted by Gasteiger charge is -2.33.